The van der Waals surface area contributed by atoms with Gasteiger partial charge in [0, 0.05) is 12.5 Å². The average Bonchev–Trinajstić information content (AvgIpc) is 2.72. The Morgan fingerprint density at radius 3 is 2.94 bits per heavy atom. The van der Waals surface area contributed by atoms with Crippen LogP contribution in [0.15, 0.2) is 12.7 Å². The lowest BCUT2D eigenvalue weighted by atomic mass is 9.85. The Kier molecular flexibility index (Phi) is 2.04. The highest BCUT2D eigenvalue weighted by atomic mass is 32.2. The summed E-state index contributed by atoms with van der Waals surface area (Å²) in [5.74, 6) is -0.647. The lowest BCUT2D eigenvalue weighted by Gasteiger charge is -2.28. The molecule has 3 heterocycles. The van der Waals surface area contributed by atoms with Gasteiger partial charge in [0.2, 0.25) is 0 Å². The molecule has 3 rings (SSSR count). The minimum Gasteiger partial charge on any atom is -0.455 e. The number of hydrogen-bond acceptors (Lipinski definition) is 6. The summed E-state index contributed by atoms with van der Waals surface area (Å²) in [5.41, 5.74) is -0.776. The van der Waals surface area contributed by atoms with E-state index in [1.165, 1.54) is 0 Å². The van der Waals surface area contributed by atoms with Gasteiger partial charge in [-0.05, 0) is 6.92 Å². The van der Waals surface area contributed by atoms with Crippen molar-refractivity contribution < 1.29 is 26.9 Å². The van der Waals surface area contributed by atoms with Crippen molar-refractivity contribution in [1.82, 2.24) is 0 Å². The predicted octanol–water partition coefficient (Wildman–Crippen LogP) is -0.257. The van der Waals surface area contributed by atoms with Crippen molar-refractivity contribution in [3.8, 4) is 0 Å². The first-order chi connectivity index (χ1) is 7.87. The van der Waals surface area contributed by atoms with E-state index in [2.05, 4.69) is 6.58 Å². The average molecular weight is 260 g/mol. The van der Waals surface area contributed by atoms with E-state index in [1.54, 1.807) is 6.92 Å². The molecule has 0 saturated carbocycles. The van der Waals surface area contributed by atoms with Crippen LogP contribution in [0.4, 0.5) is 0 Å². The van der Waals surface area contributed by atoms with Crippen LogP contribution in [0.1, 0.15) is 13.3 Å². The fraction of sp³-hybridized carbons (Fsp3) is 0.700. The van der Waals surface area contributed by atoms with Crippen LogP contribution in [0.25, 0.3) is 0 Å². The molecule has 0 radical (unpaired) electrons. The van der Waals surface area contributed by atoms with Crippen LogP contribution < -0.4 is 0 Å². The molecule has 7 heteroatoms. The van der Waals surface area contributed by atoms with E-state index < -0.39 is 45.3 Å². The van der Waals surface area contributed by atoms with Gasteiger partial charge in [0.25, 0.3) is 10.1 Å². The first kappa shape index (κ1) is 11.2. The van der Waals surface area contributed by atoms with E-state index in [9.17, 15) is 13.2 Å². The van der Waals surface area contributed by atoms with Crippen molar-refractivity contribution >= 4 is 16.1 Å². The monoisotopic (exact) mass is 260 g/mol. The lowest BCUT2D eigenvalue weighted by Crippen LogP contribution is -2.48. The van der Waals surface area contributed by atoms with Crippen molar-refractivity contribution in [2.75, 3.05) is 0 Å². The summed E-state index contributed by atoms with van der Waals surface area (Å²) in [5, 5.41) is -0.907. The van der Waals surface area contributed by atoms with E-state index in [0.29, 0.717) is 6.42 Å². The minimum absolute atomic E-state index is 0.419. The number of carbonyl (C=O) groups is 1. The molecule has 0 aromatic rings. The smallest absolute Gasteiger partial charge is 0.330 e. The van der Waals surface area contributed by atoms with Gasteiger partial charge in [0.15, 0.2) is 11.4 Å². The largest absolute Gasteiger partial charge is 0.455 e. The Morgan fingerprint density at radius 2 is 2.29 bits per heavy atom. The zero-order valence-electron chi connectivity index (χ0n) is 9.16. The molecule has 0 spiro atoms. The van der Waals surface area contributed by atoms with Crippen LogP contribution in [0.5, 0.6) is 0 Å². The summed E-state index contributed by atoms with van der Waals surface area (Å²) >= 11 is 0. The van der Waals surface area contributed by atoms with Gasteiger partial charge in [0.1, 0.15) is 17.8 Å². The van der Waals surface area contributed by atoms with E-state index >= 15 is 0 Å². The first-order valence-corrected chi connectivity index (χ1v) is 6.77. The van der Waals surface area contributed by atoms with Crippen molar-refractivity contribution in [3.05, 3.63) is 12.7 Å². The summed E-state index contributed by atoms with van der Waals surface area (Å²) in [4.78, 5) is 11.2. The quantitative estimate of drug-likeness (QED) is 0.387. The van der Waals surface area contributed by atoms with Gasteiger partial charge in [0.05, 0.1) is 0 Å². The van der Waals surface area contributed by atoms with Gasteiger partial charge in [-0.15, -0.1) is 0 Å². The van der Waals surface area contributed by atoms with Crippen LogP contribution in [-0.2, 0) is 28.6 Å². The molecular formula is C10H12O6S. The molecule has 5 unspecified atom stereocenters. The summed E-state index contributed by atoms with van der Waals surface area (Å²) in [6.07, 6.45) is -0.347. The Labute approximate surface area is 98.7 Å². The molecule has 94 valence electrons. The maximum absolute atomic E-state index is 11.8. The standard InChI is InChI=1S/C10H12O6S/c1-3-6(11)14-9-8-7-5(16-17(8,12)13)4-10(9,2)15-7/h3,5,7-9H,1,4H2,2H3. The van der Waals surface area contributed by atoms with Gasteiger partial charge in [-0.25, -0.2) is 4.79 Å². The Bertz CT molecular complexity index is 493. The number of rotatable bonds is 2. The number of fused-ring (bicyclic) bond motifs is 1. The molecular weight excluding hydrogens is 248 g/mol. The Balaban J connectivity index is 1.99. The molecule has 17 heavy (non-hydrogen) atoms. The zero-order chi connectivity index (χ0) is 12.4. The van der Waals surface area contributed by atoms with E-state index in [-0.39, 0.29) is 0 Å². The van der Waals surface area contributed by atoms with Gasteiger partial charge in [-0.2, -0.15) is 8.42 Å². The zero-order valence-corrected chi connectivity index (χ0v) is 9.98. The van der Waals surface area contributed by atoms with Crippen molar-refractivity contribution in [2.24, 2.45) is 0 Å². The van der Waals surface area contributed by atoms with E-state index in [1.807, 2.05) is 0 Å². The third-order valence-corrected chi connectivity index (χ3v) is 5.30. The molecule has 6 nitrogen and oxygen atoms in total. The van der Waals surface area contributed by atoms with Crippen molar-refractivity contribution in [3.63, 3.8) is 0 Å². The van der Waals surface area contributed by atoms with Crippen LogP contribution >= 0.6 is 0 Å². The van der Waals surface area contributed by atoms with Gasteiger partial charge >= 0.3 is 5.97 Å². The first-order valence-electron chi connectivity index (χ1n) is 5.30. The molecule has 3 aliphatic rings. The second kappa shape index (κ2) is 3.09. The summed E-state index contributed by atoms with van der Waals surface area (Å²) < 4.78 is 39.3. The predicted molar refractivity (Wildman–Crippen MR) is 55.6 cm³/mol. The van der Waals surface area contributed by atoms with Gasteiger partial charge in [-0.1, -0.05) is 6.58 Å². The van der Waals surface area contributed by atoms with E-state index in [4.69, 9.17) is 13.7 Å². The number of carbonyl (C=O) groups excluding carboxylic acids is 1. The second-order valence-corrected chi connectivity index (χ2v) is 6.48. The minimum atomic E-state index is -3.71. The van der Waals surface area contributed by atoms with E-state index in [0.717, 1.165) is 6.08 Å². The molecule has 5 atom stereocenters. The highest BCUT2D eigenvalue weighted by Crippen LogP contribution is 2.53. The fourth-order valence-corrected chi connectivity index (χ4v) is 4.79. The number of esters is 1. The van der Waals surface area contributed by atoms with Crippen LogP contribution in [0.2, 0.25) is 0 Å². The molecule has 0 aromatic heterocycles. The lowest BCUT2D eigenvalue weighted by molar-refractivity contribution is -0.150. The van der Waals surface area contributed by atoms with Crippen LogP contribution in [0.3, 0.4) is 0 Å². The fourth-order valence-electron chi connectivity index (χ4n) is 2.94. The third-order valence-electron chi connectivity index (χ3n) is 3.60. The molecule has 3 aliphatic heterocycles. The van der Waals surface area contributed by atoms with Crippen molar-refractivity contribution in [2.45, 2.75) is 42.5 Å². The number of hydrogen-bond donors (Lipinski definition) is 0. The number of ether oxygens (including phenoxy) is 2. The molecule has 3 fully saturated rings. The van der Waals surface area contributed by atoms with Crippen LogP contribution in [-0.4, -0.2) is 43.5 Å². The third kappa shape index (κ3) is 1.33. The maximum Gasteiger partial charge on any atom is 0.330 e. The SMILES string of the molecule is C=CC(=O)OC1C2C3OC1(C)CC3OS2(=O)=O. The summed E-state index contributed by atoms with van der Waals surface area (Å²) in [6.45, 7) is 5.03. The van der Waals surface area contributed by atoms with Crippen LogP contribution in [0, 0.1) is 0 Å². The van der Waals surface area contributed by atoms with Gasteiger partial charge < -0.3 is 9.47 Å². The molecule has 0 amide bonds. The summed E-state index contributed by atoms with van der Waals surface area (Å²) in [7, 11) is -3.71. The molecule has 0 aliphatic carbocycles. The summed E-state index contributed by atoms with van der Waals surface area (Å²) in [6, 6.07) is 0. The molecule has 3 saturated heterocycles. The highest BCUT2D eigenvalue weighted by Gasteiger charge is 2.72. The Hall–Kier alpha value is -0.920. The molecule has 0 N–H and O–H groups in total. The van der Waals surface area contributed by atoms with Crippen molar-refractivity contribution in [1.29, 1.82) is 0 Å². The normalized spacial score (nSPS) is 49.2. The van der Waals surface area contributed by atoms with Gasteiger partial charge in [-0.3, -0.25) is 4.18 Å². The topological polar surface area (TPSA) is 78.9 Å². The second-order valence-electron chi connectivity index (χ2n) is 4.75. The molecule has 0 aromatic carbocycles. The maximum atomic E-state index is 11.8. The highest BCUT2D eigenvalue weighted by molar-refractivity contribution is 7.87. The Morgan fingerprint density at radius 1 is 1.59 bits per heavy atom. The molecule has 2 bridgehead atoms.